The number of aromatic nitrogens is 1. The third-order valence-corrected chi connectivity index (χ3v) is 2.95. The molecule has 2 N–H and O–H groups in total. The topological polar surface area (TPSA) is 48.1 Å². The van der Waals surface area contributed by atoms with Gasteiger partial charge in [0.25, 0.3) is 0 Å². The summed E-state index contributed by atoms with van der Waals surface area (Å²) in [7, 11) is 0. The summed E-state index contributed by atoms with van der Waals surface area (Å²) in [6.07, 6.45) is 0.487. The van der Waals surface area contributed by atoms with E-state index in [4.69, 9.17) is 10.5 Å². The second-order valence-electron chi connectivity index (χ2n) is 3.22. The molecule has 1 aromatic carbocycles. The van der Waals surface area contributed by atoms with E-state index >= 15 is 0 Å². The summed E-state index contributed by atoms with van der Waals surface area (Å²) in [6.45, 7) is 0.313. The van der Waals surface area contributed by atoms with Gasteiger partial charge in [0.05, 0.1) is 16.5 Å². The first-order valence-corrected chi connectivity index (χ1v) is 5.66. The van der Waals surface area contributed by atoms with Crippen molar-refractivity contribution >= 4 is 21.6 Å². The molecule has 0 unspecified atom stereocenters. The Labute approximate surface area is 96.4 Å². The van der Waals surface area contributed by atoms with E-state index < -0.39 is 0 Å². The number of rotatable bonds is 4. The van der Waals surface area contributed by atoms with E-state index in [1.807, 2.05) is 18.2 Å². The van der Waals surface area contributed by atoms with Crippen LogP contribution >= 0.6 is 11.3 Å². The van der Waals surface area contributed by atoms with Gasteiger partial charge in [-0.15, -0.1) is 11.3 Å². The second-order valence-corrected chi connectivity index (χ2v) is 4.10. The molecule has 0 bridgehead atoms. The lowest BCUT2D eigenvalue weighted by atomic mass is 10.3. The summed E-state index contributed by atoms with van der Waals surface area (Å²) in [5.41, 5.74) is 8.33. The highest BCUT2D eigenvalue weighted by atomic mass is 32.1. The fraction of sp³-hybridized carbons (Fsp3) is 0.182. The van der Waals surface area contributed by atoms with Crippen molar-refractivity contribution in [1.29, 1.82) is 0 Å². The third-order valence-electron chi connectivity index (χ3n) is 2.15. The average Bonchev–Trinajstić information content (AvgIpc) is 2.79. The fourth-order valence-electron chi connectivity index (χ4n) is 1.28. The van der Waals surface area contributed by atoms with Gasteiger partial charge in [-0.2, -0.15) is 0 Å². The molecule has 0 saturated heterocycles. The van der Waals surface area contributed by atoms with Gasteiger partial charge in [-0.25, -0.2) is 9.37 Å². The molecule has 0 amide bonds. The van der Waals surface area contributed by atoms with Crippen molar-refractivity contribution in [2.75, 3.05) is 13.2 Å². The van der Waals surface area contributed by atoms with Gasteiger partial charge in [0, 0.05) is 12.1 Å². The zero-order valence-corrected chi connectivity index (χ0v) is 9.34. The Morgan fingerprint density at radius 1 is 1.56 bits per heavy atom. The molecule has 0 aliphatic carbocycles. The Bertz CT molecular complexity index is 509. The first-order chi connectivity index (χ1) is 7.85. The summed E-state index contributed by atoms with van der Waals surface area (Å²) < 4.78 is 18.8. The molecule has 2 rings (SSSR count). The van der Waals surface area contributed by atoms with Gasteiger partial charge >= 0.3 is 0 Å². The number of fused-ring (bicyclic) bond motifs is 1. The van der Waals surface area contributed by atoms with Crippen molar-refractivity contribution in [2.45, 2.75) is 0 Å². The standard InChI is InChI=1S/C11H11FN2OS/c12-4-8(5-13)6-15-9-2-1-3-10-11(9)14-7-16-10/h1-4,7H,5-6,13H2/b8-4+. The average molecular weight is 238 g/mol. The van der Waals surface area contributed by atoms with Crippen LogP contribution < -0.4 is 10.5 Å². The molecule has 0 aliphatic rings. The molecule has 1 heterocycles. The first-order valence-electron chi connectivity index (χ1n) is 4.78. The van der Waals surface area contributed by atoms with Crippen molar-refractivity contribution in [3.05, 3.63) is 35.6 Å². The Kier molecular flexibility index (Phi) is 3.48. The van der Waals surface area contributed by atoms with Crippen molar-refractivity contribution < 1.29 is 9.13 Å². The van der Waals surface area contributed by atoms with E-state index in [0.717, 1.165) is 10.2 Å². The zero-order valence-electron chi connectivity index (χ0n) is 8.52. The van der Waals surface area contributed by atoms with E-state index in [1.165, 1.54) is 0 Å². The number of nitrogens with two attached hydrogens (primary N) is 1. The Morgan fingerprint density at radius 2 is 2.44 bits per heavy atom. The smallest absolute Gasteiger partial charge is 0.146 e. The lowest BCUT2D eigenvalue weighted by Crippen LogP contribution is -2.10. The van der Waals surface area contributed by atoms with Crippen LogP contribution in [0.15, 0.2) is 35.6 Å². The van der Waals surface area contributed by atoms with Gasteiger partial charge in [-0.05, 0) is 12.1 Å². The molecule has 3 nitrogen and oxygen atoms in total. The fourth-order valence-corrected chi connectivity index (χ4v) is 1.98. The molecule has 0 radical (unpaired) electrons. The largest absolute Gasteiger partial charge is 0.487 e. The van der Waals surface area contributed by atoms with Crippen LogP contribution in [0.3, 0.4) is 0 Å². The minimum Gasteiger partial charge on any atom is -0.487 e. The lowest BCUT2D eigenvalue weighted by Gasteiger charge is -2.07. The molecule has 5 heteroatoms. The molecule has 0 fully saturated rings. The molecule has 0 aliphatic heterocycles. The number of hydrogen-bond acceptors (Lipinski definition) is 4. The number of halogens is 1. The Hall–Kier alpha value is -1.46. The predicted molar refractivity (Wildman–Crippen MR) is 63.4 cm³/mol. The summed E-state index contributed by atoms with van der Waals surface area (Å²) in [6, 6.07) is 5.67. The maximum atomic E-state index is 12.3. The maximum Gasteiger partial charge on any atom is 0.146 e. The molecular weight excluding hydrogens is 227 g/mol. The number of benzene rings is 1. The van der Waals surface area contributed by atoms with Crippen molar-refractivity contribution in [1.82, 2.24) is 4.98 Å². The Morgan fingerprint density at radius 3 is 3.19 bits per heavy atom. The minimum absolute atomic E-state index is 0.156. The van der Waals surface area contributed by atoms with Gasteiger partial charge < -0.3 is 10.5 Å². The maximum absolute atomic E-state index is 12.3. The number of para-hydroxylation sites is 1. The lowest BCUT2D eigenvalue weighted by molar-refractivity contribution is 0.351. The van der Waals surface area contributed by atoms with Gasteiger partial charge in [0.1, 0.15) is 17.9 Å². The van der Waals surface area contributed by atoms with E-state index in [0.29, 0.717) is 17.7 Å². The van der Waals surface area contributed by atoms with E-state index in [9.17, 15) is 4.39 Å². The minimum atomic E-state index is 0.156. The van der Waals surface area contributed by atoms with Crippen LogP contribution in [0.4, 0.5) is 4.39 Å². The molecule has 84 valence electrons. The van der Waals surface area contributed by atoms with Crippen molar-refractivity contribution in [3.8, 4) is 5.75 Å². The summed E-state index contributed by atoms with van der Waals surface area (Å²) in [5, 5.41) is 0. The molecule has 1 aromatic heterocycles. The normalized spacial score (nSPS) is 12.0. The zero-order chi connectivity index (χ0) is 11.4. The number of nitrogens with zero attached hydrogens (tertiary/aromatic N) is 1. The van der Waals surface area contributed by atoms with Crippen molar-refractivity contribution in [3.63, 3.8) is 0 Å². The van der Waals surface area contributed by atoms with Gasteiger partial charge in [-0.1, -0.05) is 6.07 Å². The van der Waals surface area contributed by atoms with Gasteiger partial charge in [-0.3, -0.25) is 0 Å². The number of ether oxygens (including phenoxy) is 1. The highest BCUT2D eigenvalue weighted by molar-refractivity contribution is 7.16. The number of hydrogen-bond donors (Lipinski definition) is 1. The van der Waals surface area contributed by atoms with Gasteiger partial charge in [0.2, 0.25) is 0 Å². The van der Waals surface area contributed by atoms with Crippen LogP contribution in [0.5, 0.6) is 5.75 Å². The molecule has 0 atom stereocenters. The molecule has 2 aromatic rings. The Balaban J connectivity index is 2.18. The monoisotopic (exact) mass is 238 g/mol. The van der Waals surface area contributed by atoms with Crippen LogP contribution in [-0.4, -0.2) is 18.1 Å². The van der Waals surface area contributed by atoms with E-state index in [1.54, 1.807) is 16.8 Å². The van der Waals surface area contributed by atoms with Crippen molar-refractivity contribution in [2.24, 2.45) is 5.73 Å². The van der Waals surface area contributed by atoms with Crippen LogP contribution in [0.25, 0.3) is 10.2 Å². The quantitative estimate of drug-likeness (QED) is 0.890. The summed E-state index contributed by atoms with van der Waals surface area (Å²) in [4.78, 5) is 4.20. The van der Waals surface area contributed by atoms with Crippen LogP contribution in [0.2, 0.25) is 0 Å². The SMILES string of the molecule is NC/C(=C\F)COc1cccc2scnc12. The summed E-state index contributed by atoms with van der Waals surface area (Å²) >= 11 is 1.54. The second kappa shape index (κ2) is 5.05. The predicted octanol–water partition coefficient (Wildman–Crippen LogP) is 2.49. The summed E-state index contributed by atoms with van der Waals surface area (Å²) in [5.74, 6) is 0.659. The van der Waals surface area contributed by atoms with E-state index in [-0.39, 0.29) is 13.2 Å². The van der Waals surface area contributed by atoms with Gasteiger partial charge in [0.15, 0.2) is 0 Å². The van der Waals surface area contributed by atoms with E-state index in [2.05, 4.69) is 4.98 Å². The van der Waals surface area contributed by atoms with Crippen LogP contribution in [-0.2, 0) is 0 Å². The first kappa shape index (κ1) is 11.0. The third kappa shape index (κ3) is 2.20. The number of thiazole rings is 1. The van der Waals surface area contributed by atoms with Crippen LogP contribution in [0, 0.1) is 0 Å². The molecule has 0 saturated carbocycles. The highest BCUT2D eigenvalue weighted by Gasteiger charge is 2.05. The molecule has 16 heavy (non-hydrogen) atoms. The molecular formula is C11H11FN2OS. The highest BCUT2D eigenvalue weighted by Crippen LogP contribution is 2.27. The van der Waals surface area contributed by atoms with Crippen LogP contribution in [0.1, 0.15) is 0 Å². The molecule has 0 spiro atoms.